The second-order valence-corrected chi connectivity index (χ2v) is 8.28. The van der Waals surface area contributed by atoms with Crippen LogP contribution in [-0.2, 0) is 14.8 Å². The molecular weight excluding hydrogens is 336 g/mol. The second-order valence-electron chi connectivity index (χ2n) is 5.94. The first-order valence-corrected chi connectivity index (χ1v) is 10.1. The van der Waals surface area contributed by atoms with Crippen LogP contribution in [0.1, 0.15) is 32.1 Å². The summed E-state index contributed by atoms with van der Waals surface area (Å²) in [5.74, 6) is 0.111. The fourth-order valence-corrected chi connectivity index (χ4v) is 3.94. The van der Waals surface area contributed by atoms with Crippen molar-refractivity contribution in [1.29, 1.82) is 0 Å². The van der Waals surface area contributed by atoms with E-state index in [0.717, 1.165) is 31.9 Å². The third kappa shape index (κ3) is 5.39. The number of hydrogen-bond acceptors (Lipinski definition) is 3. The Labute approximate surface area is 143 Å². The molecule has 0 aliphatic heterocycles. The Hall–Kier alpha value is -1.27. The van der Waals surface area contributed by atoms with Crippen LogP contribution in [0.15, 0.2) is 24.3 Å². The lowest BCUT2D eigenvalue weighted by Crippen LogP contribution is -2.40. The van der Waals surface area contributed by atoms with Crippen molar-refractivity contribution in [3.05, 3.63) is 29.3 Å². The van der Waals surface area contributed by atoms with Crippen LogP contribution in [0.2, 0.25) is 5.02 Å². The van der Waals surface area contributed by atoms with Crippen molar-refractivity contribution < 1.29 is 13.2 Å². The Kier molecular flexibility index (Phi) is 6.30. The van der Waals surface area contributed by atoms with E-state index in [0.29, 0.717) is 17.3 Å². The molecule has 0 aromatic heterocycles. The topological polar surface area (TPSA) is 66.5 Å². The summed E-state index contributed by atoms with van der Waals surface area (Å²) in [4.78, 5) is 12.1. The first-order chi connectivity index (χ1) is 10.9. The van der Waals surface area contributed by atoms with Crippen molar-refractivity contribution in [1.82, 2.24) is 5.32 Å². The van der Waals surface area contributed by atoms with Gasteiger partial charge >= 0.3 is 0 Å². The lowest BCUT2D eigenvalue weighted by atomic mass is 9.89. The summed E-state index contributed by atoms with van der Waals surface area (Å²) < 4.78 is 25.2. The zero-order valence-corrected chi connectivity index (χ0v) is 14.9. The Balaban J connectivity index is 1.94. The van der Waals surface area contributed by atoms with Crippen LogP contribution in [0.4, 0.5) is 5.69 Å². The maximum Gasteiger partial charge on any atom is 0.232 e. The van der Waals surface area contributed by atoms with Crippen molar-refractivity contribution in [2.24, 2.45) is 5.92 Å². The first-order valence-electron chi connectivity index (χ1n) is 7.89. The van der Waals surface area contributed by atoms with Gasteiger partial charge in [-0.1, -0.05) is 30.9 Å². The molecule has 1 aliphatic carbocycles. The van der Waals surface area contributed by atoms with Crippen molar-refractivity contribution >= 4 is 33.2 Å². The smallest absolute Gasteiger partial charge is 0.232 e. The molecule has 1 fully saturated rings. The zero-order chi connectivity index (χ0) is 16.9. The van der Waals surface area contributed by atoms with Crippen LogP contribution < -0.4 is 9.62 Å². The average Bonchev–Trinajstić information content (AvgIpc) is 2.52. The fourth-order valence-electron chi connectivity index (χ4n) is 2.88. The largest absolute Gasteiger partial charge is 0.354 e. The van der Waals surface area contributed by atoms with Crippen LogP contribution in [0.25, 0.3) is 0 Å². The number of nitrogens with zero attached hydrogens (tertiary/aromatic N) is 1. The van der Waals surface area contributed by atoms with Crippen molar-refractivity contribution in [2.45, 2.75) is 32.1 Å². The van der Waals surface area contributed by atoms with E-state index < -0.39 is 10.0 Å². The van der Waals surface area contributed by atoms with Crippen LogP contribution in [0, 0.1) is 5.92 Å². The van der Waals surface area contributed by atoms with E-state index >= 15 is 0 Å². The first kappa shape index (κ1) is 18.1. The molecule has 1 aromatic rings. The molecule has 1 amide bonds. The van der Waals surface area contributed by atoms with Crippen LogP contribution in [0.3, 0.4) is 0 Å². The summed E-state index contributed by atoms with van der Waals surface area (Å²) in [6, 6.07) is 6.62. The van der Waals surface area contributed by atoms with Gasteiger partial charge in [0, 0.05) is 17.5 Å². The third-order valence-corrected chi connectivity index (χ3v) is 5.55. The molecule has 0 atom stereocenters. The van der Waals surface area contributed by atoms with E-state index in [1.807, 2.05) is 0 Å². The number of carbonyl (C=O) groups is 1. The standard InChI is InChI=1S/C16H23ClN2O3S/c1-23(21,22)19(15-9-7-14(17)8-10-15)12-11-18-16(20)13-5-3-2-4-6-13/h7-10,13H,2-6,11-12H2,1H3,(H,18,20). The molecule has 2 rings (SSSR count). The van der Waals surface area contributed by atoms with Crippen LogP contribution in [-0.4, -0.2) is 33.7 Å². The van der Waals surface area contributed by atoms with E-state index in [4.69, 9.17) is 11.6 Å². The maximum absolute atomic E-state index is 12.1. The van der Waals surface area contributed by atoms with E-state index in [1.54, 1.807) is 24.3 Å². The van der Waals surface area contributed by atoms with Crippen molar-refractivity contribution in [3.8, 4) is 0 Å². The normalized spacial score (nSPS) is 16.1. The van der Waals surface area contributed by atoms with Crippen molar-refractivity contribution in [2.75, 3.05) is 23.7 Å². The van der Waals surface area contributed by atoms with Crippen molar-refractivity contribution in [3.63, 3.8) is 0 Å². The molecule has 1 aliphatic rings. The molecule has 0 spiro atoms. The van der Waals surface area contributed by atoms with E-state index in [-0.39, 0.29) is 18.4 Å². The number of rotatable bonds is 6. The summed E-state index contributed by atoms with van der Waals surface area (Å²) in [6.45, 7) is 0.504. The van der Waals surface area contributed by atoms with Gasteiger partial charge in [0.15, 0.2) is 0 Å². The zero-order valence-electron chi connectivity index (χ0n) is 13.3. The van der Waals surface area contributed by atoms with Gasteiger partial charge in [-0.05, 0) is 37.1 Å². The number of carbonyl (C=O) groups excluding carboxylic acids is 1. The highest BCUT2D eigenvalue weighted by atomic mass is 35.5. The molecule has 128 valence electrons. The number of anilines is 1. The molecule has 1 aromatic carbocycles. The number of benzene rings is 1. The highest BCUT2D eigenvalue weighted by Gasteiger charge is 2.22. The molecule has 5 nitrogen and oxygen atoms in total. The Morgan fingerprint density at radius 2 is 1.83 bits per heavy atom. The molecule has 1 N–H and O–H groups in total. The van der Waals surface area contributed by atoms with Crippen LogP contribution >= 0.6 is 11.6 Å². The lowest BCUT2D eigenvalue weighted by molar-refractivity contribution is -0.125. The second kappa shape index (κ2) is 8.02. The Morgan fingerprint density at radius 1 is 1.22 bits per heavy atom. The number of amides is 1. The highest BCUT2D eigenvalue weighted by Crippen LogP contribution is 2.23. The molecule has 0 radical (unpaired) electrons. The van der Waals surface area contributed by atoms with Gasteiger partial charge in [0.1, 0.15) is 0 Å². The molecule has 0 unspecified atom stereocenters. The summed E-state index contributed by atoms with van der Waals surface area (Å²) in [6.07, 6.45) is 6.40. The maximum atomic E-state index is 12.1. The minimum absolute atomic E-state index is 0.0363. The number of sulfonamides is 1. The summed E-state index contributed by atoms with van der Waals surface area (Å²) in [5, 5.41) is 3.41. The van der Waals surface area contributed by atoms with E-state index in [9.17, 15) is 13.2 Å². The third-order valence-electron chi connectivity index (χ3n) is 4.11. The van der Waals surface area contributed by atoms with E-state index in [1.165, 1.54) is 10.7 Å². The average molecular weight is 359 g/mol. The molecule has 23 heavy (non-hydrogen) atoms. The van der Waals surface area contributed by atoms with Gasteiger partial charge in [-0.3, -0.25) is 9.10 Å². The SMILES string of the molecule is CS(=O)(=O)N(CCNC(=O)C1CCCCC1)c1ccc(Cl)cc1. The predicted molar refractivity (Wildman–Crippen MR) is 93.2 cm³/mol. The van der Waals surface area contributed by atoms with Gasteiger partial charge in [-0.2, -0.15) is 0 Å². The van der Waals surface area contributed by atoms with Gasteiger partial charge in [-0.15, -0.1) is 0 Å². The number of halogens is 1. The molecule has 7 heteroatoms. The van der Waals surface area contributed by atoms with Gasteiger partial charge in [0.2, 0.25) is 15.9 Å². The monoisotopic (exact) mass is 358 g/mol. The molecule has 0 heterocycles. The number of hydrogen-bond donors (Lipinski definition) is 1. The number of nitrogens with one attached hydrogen (secondary N) is 1. The molecule has 0 bridgehead atoms. The summed E-state index contributed by atoms with van der Waals surface area (Å²) in [5.41, 5.74) is 0.545. The van der Waals surface area contributed by atoms with Gasteiger partial charge in [0.05, 0.1) is 18.5 Å². The van der Waals surface area contributed by atoms with Gasteiger partial charge < -0.3 is 5.32 Å². The van der Waals surface area contributed by atoms with E-state index in [2.05, 4.69) is 5.32 Å². The predicted octanol–water partition coefficient (Wildman–Crippen LogP) is 2.80. The minimum atomic E-state index is -3.41. The molecule has 1 saturated carbocycles. The Morgan fingerprint density at radius 3 is 2.39 bits per heavy atom. The summed E-state index contributed by atoms with van der Waals surface area (Å²) in [7, 11) is -3.41. The quantitative estimate of drug-likeness (QED) is 0.850. The summed E-state index contributed by atoms with van der Waals surface area (Å²) >= 11 is 5.84. The van der Waals surface area contributed by atoms with Gasteiger partial charge in [-0.25, -0.2) is 8.42 Å². The van der Waals surface area contributed by atoms with Gasteiger partial charge in [0.25, 0.3) is 0 Å². The molecule has 0 saturated heterocycles. The fraction of sp³-hybridized carbons (Fsp3) is 0.562. The lowest BCUT2D eigenvalue weighted by Gasteiger charge is -2.24. The Bertz CT molecular complexity index is 625. The van der Waals surface area contributed by atoms with Crippen LogP contribution in [0.5, 0.6) is 0 Å². The minimum Gasteiger partial charge on any atom is -0.354 e. The highest BCUT2D eigenvalue weighted by molar-refractivity contribution is 7.92. The molecular formula is C16H23ClN2O3S.